The maximum Gasteiger partial charge on any atom is 0.319 e. The molecule has 0 spiro atoms. The molecule has 17 heavy (non-hydrogen) atoms. The van der Waals surface area contributed by atoms with Crippen LogP contribution in [0.4, 0.5) is 4.79 Å². The van der Waals surface area contributed by atoms with E-state index in [1.165, 1.54) is 0 Å². The Labute approximate surface area is 101 Å². The predicted octanol–water partition coefficient (Wildman–Crippen LogP) is -0.00660. The zero-order valence-electron chi connectivity index (χ0n) is 10.5. The van der Waals surface area contributed by atoms with Gasteiger partial charge < -0.3 is 15.0 Å². The van der Waals surface area contributed by atoms with Crippen LogP contribution in [0.2, 0.25) is 0 Å². The average Bonchev–Trinajstić information content (AvgIpc) is 2.39. The Bertz CT molecular complexity index is 324. The largest absolute Gasteiger partial charge is 0.462 e. The third-order valence-corrected chi connectivity index (χ3v) is 3.14. The Kier molecular flexibility index (Phi) is 2.99. The number of rotatable bonds is 1. The van der Waals surface area contributed by atoms with E-state index in [-0.39, 0.29) is 11.6 Å². The summed E-state index contributed by atoms with van der Waals surface area (Å²) in [5.74, 6) is 0. The van der Waals surface area contributed by atoms with Gasteiger partial charge in [0.05, 0.1) is 6.04 Å². The van der Waals surface area contributed by atoms with Crippen molar-refractivity contribution in [3.63, 3.8) is 0 Å². The summed E-state index contributed by atoms with van der Waals surface area (Å²) in [5.41, 5.74) is -0.318. The summed E-state index contributed by atoms with van der Waals surface area (Å²) in [6.45, 7) is 8.99. The Morgan fingerprint density at radius 2 is 2.12 bits per heavy atom. The molecule has 3 heterocycles. The van der Waals surface area contributed by atoms with E-state index in [2.05, 4.69) is 15.0 Å². The number of hydrogen-bond donors (Lipinski definition) is 1. The van der Waals surface area contributed by atoms with E-state index in [9.17, 15) is 9.59 Å². The average molecular weight is 241 g/mol. The zero-order chi connectivity index (χ0) is 12.6. The highest BCUT2D eigenvalue weighted by atomic mass is 16.5. The molecular weight excluding hydrogens is 222 g/mol. The quantitative estimate of drug-likeness (QED) is 0.656. The van der Waals surface area contributed by atoms with E-state index in [4.69, 9.17) is 0 Å². The van der Waals surface area contributed by atoms with Crippen molar-refractivity contribution in [2.24, 2.45) is 0 Å². The minimum atomic E-state index is -0.318. The highest BCUT2D eigenvalue weighted by Gasteiger charge is 2.53. The second kappa shape index (κ2) is 4.18. The van der Waals surface area contributed by atoms with Crippen molar-refractivity contribution in [2.75, 3.05) is 19.6 Å². The molecule has 2 unspecified atom stereocenters. The predicted molar refractivity (Wildman–Crippen MR) is 61.3 cm³/mol. The monoisotopic (exact) mass is 241 g/mol. The summed E-state index contributed by atoms with van der Waals surface area (Å²) in [4.78, 5) is 24.9. The van der Waals surface area contributed by atoms with E-state index in [1.807, 2.05) is 25.7 Å². The van der Waals surface area contributed by atoms with Crippen LogP contribution in [0, 0.1) is 0 Å². The van der Waals surface area contributed by atoms with Crippen LogP contribution in [0.25, 0.3) is 0 Å². The van der Waals surface area contributed by atoms with Crippen LogP contribution in [0.15, 0.2) is 0 Å². The molecule has 2 amide bonds. The molecule has 0 aromatic rings. The molecule has 3 aliphatic rings. The van der Waals surface area contributed by atoms with Crippen molar-refractivity contribution in [2.45, 2.75) is 38.6 Å². The molecule has 0 aliphatic carbocycles. The highest BCUT2D eigenvalue weighted by molar-refractivity contribution is 5.78. The number of carbonyl (C=O) groups is 2. The number of hydrogen-bond acceptors (Lipinski definition) is 4. The summed E-state index contributed by atoms with van der Waals surface area (Å²) in [6.07, 6.45) is 0.362. The molecular formula is C11H19N3O3. The fourth-order valence-corrected chi connectivity index (χ4v) is 2.25. The van der Waals surface area contributed by atoms with E-state index in [0.717, 1.165) is 19.6 Å². The maximum absolute atomic E-state index is 11.1. The van der Waals surface area contributed by atoms with Gasteiger partial charge in [0.2, 0.25) is 0 Å². The molecule has 96 valence electrons. The lowest BCUT2D eigenvalue weighted by Crippen LogP contribution is -2.69. The lowest BCUT2D eigenvalue weighted by atomic mass is 10.0. The minimum Gasteiger partial charge on any atom is -0.462 e. The number of carbonyl (C=O) groups excluding carboxylic acids is 2. The lowest BCUT2D eigenvalue weighted by molar-refractivity contribution is -0.138. The highest BCUT2D eigenvalue weighted by Crippen LogP contribution is 2.30. The molecule has 3 fully saturated rings. The van der Waals surface area contributed by atoms with Crippen molar-refractivity contribution < 1.29 is 14.3 Å². The first kappa shape index (κ1) is 12.2. The Hall–Kier alpha value is -1.30. The van der Waals surface area contributed by atoms with Gasteiger partial charge in [0.15, 0.2) is 0 Å². The molecule has 3 rings (SSSR count). The fourth-order valence-electron chi connectivity index (χ4n) is 2.25. The Balaban J connectivity index is 0.000000139. The van der Waals surface area contributed by atoms with Crippen molar-refractivity contribution in [3.8, 4) is 0 Å². The van der Waals surface area contributed by atoms with Gasteiger partial charge in [0.25, 0.3) is 6.47 Å². The molecule has 6 heteroatoms. The first-order valence-corrected chi connectivity index (χ1v) is 5.85. The second-order valence-corrected chi connectivity index (χ2v) is 5.48. The standard InChI is InChI=1S/C6H9N3O.C5H10O2/c10-6-7-5-4-3-8(5)1-2-9(4)6;1-5(2,3)7-4-6/h4-5H,1-3H2,(H,7,10);4H,1-3H3/t4?,5-;/m1./s1. The van der Waals surface area contributed by atoms with Crippen molar-refractivity contribution in [1.82, 2.24) is 15.1 Å². The number of piperazine rings is 2. The van der Waals surface area contributed by atoms with E-state index < -0.39 is 0 Å². The molecule has 1 N–H and O–H groups in total. The number of ether oxygens (including phenoxy) is 1. The topological polar surface area (TPSA) is 61.9 Å². The van der Waals surface area contributed by atoms with Gasteiger partial charge in [0, 0.05) is 19.6 Å². The van der Waals surface area contributed by atoms with Gasteiger partial charge in [-0.2, -0.15) is 0 Å². The zero-order valence-corrected chi connectivity index (χ0v) is 10.5. The molecule has 3 aliphatic heterocycles. The van der Waals surface area contributed by atoms with Crippen LogP contribution in [0.1, 0.15) is 20.8 Å². The van der Waals surface area contributed by atoms with Crippen LogP contribution < -0.4 is 5.32 Å². The maximum atomic E-state index is 11.1. The molecule has 0 aromatic heterocycles. The first-order valence-electron chi connectivity index (χ1n) is 5.85. The van der Waals surface area contributed by atoms with Crippen LogP contribution >= 0.6 is 0 Å². The third-order valence-electron chi connectivity index (χ3n) is 3.14. The van der Waals surface area contributed by atoms with E-state index in [0.29, 0.717) is 18.7 Å². The van der Waals surface area contributed by atoms with Crippen molar-refractivity contribution >= 4 is 12.5 Å². The third kappa shape index (κ3) is 2.36. The lowest BCUT2D eigenvalue weighted by Gasteiger charge is -2.50. The number of nitrogens with one attached hydrogen (secondary N) is 1. The van der Waals surface area contributed by atoms with Gasteiger partial charge >= 0.3 is 6.03 Å². The molecule has 3 saturated heterocycles. The van der Waals surface area contributed by atoms with E-state index in [1.54, 1.807) is 0 Å². The van der Waals surface area contributed by atoms with Crippen LogP contribution in [0.5, 0.6) is 0 Å². The number of amides is 2. The summed E-state index contributed by atoms with van der Waals surface area (Å²) in [6, 6.07) is 0.635. The van der Waals surface area contributed by atoms with E-state index >= 15 is 0 Å². The SMILES string of the molecule is CC(C)(C)OC=O.O=C1N[C@H]2C3CN2CCN13. The first-order chi connectivity index (χ1) is 7.92. The van der Waals surface area contributed by atoms with Crippen LogP contribution in [-0.2, 0) is 9.53 Å². The normalized spacial score (nSPS) is 33.0. The second-order valence-electron chi connectivity index (χ2n) is 5.48. The minimum absolute atomic E-state index is 0.134. The Morgan fingerprint density at radius 1 is 1.41 bits per heavy atom. The molecule has 6 nitrogen and oxygen atoms in total. The molecule has 3 atom stereocenters. The molecule has 2 bridgehead atoms. The molecule has 0 saturated carbocycles. The fraction of sp³-hybridized carbons (Fsp3) is 0.818. The number of nitrogens with zero attached hydrogens (tertiary/aromatic N) is 2. The van der Waals surface area contributed by atoms with Gasteiger partial charge in [-0.25, -0.2) is 4.79 Å². The molecule has 0 aromatic carbocycles. The van der Waals surface area contributed by atoms with Gasteiger partial charge in [-0.15, -0.1) is 0 Å². The van der Waals surface area contributed by atoms with Gasteiger partial charge in [-0.05, 0) is 20.8 Å². The summed E-state index contributed by atoms with van der Waals surface area (Å²) < 4.78 is 4.55. The van der Waals surface area contributed by atoms with Crippen LogP contribution in [-0.4, -0.2) is 59.7 Å². The molecule has 0 radical (unpaired) electrons. The Morgan fingerprint density at radius 3 is 2.47 bits per heavy atom. The van der Waals surface area contributed by atoms with Crippen molar-refractivity contribution in [3.05, 3.63) is 0 Å². The number of urea groups is 1. The number of fused-ring (bicyclic) bond motifs is 2. The van der Waals surface area contributed by atoms with Crippen LogP contribution in [0.3, 0.4) is 0 Å². The van der Waals surface area contributed by atoms with Crippen molar-refractivity contribution in [1.29, 1.82) is 0 Å². The summed E-state index contributed by atoms with van der Waals surface area (Å²) >= 11 is 0. The van der Waals surface area contributed by atoms with Gasteiger partial charge in [0.1, 0.15) is 11.8 Å². The smallest absolute Gasteiger partial charge is 0.319 e. The summed E-state index contributed by atoms with van der Waals surface area (Å²) in [7, 11) is 0. The summed E-state index contributed by atoms with van der Waals surface area (Å²) in [5, 5.41) is 2.93. The van der Waals surface area contributed by atoms with Gasteiger partial charge in [-0.1, -0.05) is 0 Å². The van der Waals surface area contributed by atoms with Gasteiger partial charge in [-0.3, -0.25) is 9.69 Å².